The predicted octanol–water partition coefficient (Wildman–Crippen LogP) is 3.03. The number of benzene rings is 1. The largest absolute Gasteiger partial charge is 0.335 e. The van der Waals surface area contributed by atoms with Gasteiger partial charge in [0.05, 0.1) is 5.69 Å². The van der Waals surface area contributed by atoms with Crippen LogP contribution in [-0.4, -0.2) is 61.3 Å². The Morgan fingerprint density at radius 1 is 1.06 bits per heavy atom. The smallest absolute Gasteiger partial charge is 0.270 e. The fourth-order valence-electron chi connectivity index (χ4n) is 3.61. The van der Waals surface area contributed by atoms with E-state index in [0.29, 0.717) is 14.9 Å². The van der Waals surface area contributed by atoms with E-state index in [1.54, 1.807) is 35.2 Å². The highest BCUT2D eigenvalue weighted by atomic mass is 35.5. The number of halogens is 1. The fraction of sp³-hybridized carbons (Fsp3) is 0.381. The van der Waals surface area contributed by atoms with Gasteiger partial charge in [0.1, 0.15) is 9.92 Å². The number of carbonyl (C=O) groups is 2. The van der Waals surface area contributed by atoms with Crippen LogP contribution in [0.5, 0.6) is 0 Å². The van der Waals surface area contributed by atoms with Gasteiger partial charge >= 0.3 is 0 Å². The molecule has 2 aliphatic heterocycles. The van der Waals surface area contributed by atoms with Gasteiger partial charge in [0, 0.05) is 48.9 Å². The number of thiophene rings is 1. The van der Waals surface area contributed by atoms with Gasteiger partial charge in [-0.3, -0.25) is 9.59 Å². The Morgan fingerprint density at radius 3 is 2.41 bits per heavy atom. The number of amides is 2. The number of sulfonamides is 1. The van der Waals surface area contributed by atoms with Gasteiger partial charge in [-0.1, -0.05) is 17.7 Å². The summed E-state index contributed by atoms with van der Waals surface area (Å²) >= 11 is 7.43. The summed E-state index contributed by atoms with van der Waals surface area (Å²) in [7, 11) is -3.56. The lowest BCUT2D eigenvalue weighted by molar-refractivity contribution is -0.125. The summed E-state index contributed by atoms with van der Waals surface area (Å²) < 4.78 is 27.4. The zero-order chi connectivity index (χ0) is 23.0. The van der Waals surface area contributed by atoms with Crippen LogP contribution < -0.4 is 5.01 Å². The van der Waals surface area contributed by atoms with E-state index in [1.165, 1.54) is 20.7 Å². The van der Waals surface area contributed by atoms with Gasteiger partial charge in [-0.2, -0.15) is 9.41 Å². The molecule has 4 rings (SSSR count). The second-order valence-corrected chi connectivity index (χ2v) is 11.6. The monoisotopic (exact) mass is 494 g/mol. The van der Waals surface area contributed by atoms with Crippen LogP contribution in [0.25, 0.3) is 0 Å². The molecule has 0 bridgehead atoms. The highest BCUT2D eigenvalue weighted by Crippen LogP contribution is 2.27. The number of hydrogen-bond acceptors (Lipinski definition) is 6. The highest BCUT2D eigenvalue weighted by molar-refractivity contribution is 7.91. The number of piperazine rings is 1. The van der Waals surface area contributed by atoms with Crippen LogP contribution in [0.3, 0.4) is 0 Å². The second-order valence-electron chi connectivity index (χ2n) is 7.75. The van der Waals surface area contributed by atoms with Gasteiger partial charge in [0.25, 0.3) is 15.9 Å². The molecule has 2 aromatic rings. The van der Waals surface area contributed by atoms with Gasteiger partial charge < -0.3 is 4.90 Å². The maximum absolute atomic E-state index is 13.1. The third-order valence-corrected chi connectivity index (χ3v) is 9.29. The fourth-order valence-corrected chi connectivity index (χ4v) is 6.65. The summed E-state index contributed by atoms with van der Waals surface area (Å²) in [6.07, 6.45) is 0.420. The van der Waals surface area contributed by atoms with Crippen molar-refractivity contribution >= 4 is 56.2 Å². The maximum Gasteiger partial charge on any atom is 0.270 e. The molecule has 3 heterocycles. The van der Waals surface area contributed by atoms with Crippen molar-refractivity contribution in [3.63, 3.8) is 0 Å². The first-order valence-electron chi connectivity index (χ1n) is 10.2. The third kappa shape index (κ3) is 4.45. The van der Waals surface area contributed by atoms with Crippen LogP contribution in [-0.2, 0) is 19.6 Å². The lowest BCUT2D eigenvalue weighted by Gasteiger charge is -2.34. The zero-order valence-corrected chi connectivity index (χ0v) is 20.1. The lowest BCUT2D eigenvalue weighted by atomic mass is 10.1. The van der Waals surface area contributed by atoms with Crippen molar-refractivity contribution in [2.75, 3.05) is 31.2 Å². The number of rotatable bonds is 4. The van der Waals surface area contributed by atoms with Gasteiger partial charge in [-0.25, -0.2) is 13.4 Å². The third-order valence-electron chi connectivity index (χ3n) is 5.52. The summed E-state index contributed by atoms with van der Waals surface area (Å²) in [6.45, 7) is 4.70. The first-order valence-corrected chi connectivity index (χ1v) is 12.8. The van der Waals surface area contributed by atoms with Crippen molar-refractivity contribution in [2.45, 2.75) is 30.9 Å². The number of hydrogen-bond donors (Lipinski definition) is 0. The van der Waals surface area contributed by atoms with Crippen LogP contribution in [0.15, 0.2) is 39.6 Å². The summed E-state index contributed by atoms with van der Waals surface area (Å²) in [4.78, 5) is 28.0. The van der Waals surface area contributed by atoms with E-state index in [-0.39, 0.29) is 56.5 Å². The van der Waals surface area contributed by atoms with Crippen molar-refractivity contribution in [3.05, 3.63) is 45.8 Å². The zero-order valence-electron chi connectivity index (χ0n) is 17.7. The quantitative estimate of drug-likeness (QED) is 0.653. The van der Waals surface area contributed by atoms with Crippen molar-refractivity contribution < 1.29 is 18.0 Å². The molecule has 0 N–H and O–H groups in total. The molecule has 11 heteroatoms. The standard InChI is InChI=1S/C21H23ClN4O4S2/c1-14-3-5-16(13-17(14)22)26-19(27)7-6-18(23-26)21(28)24-9-11-25(12-10-24)32(29,30)20-8-4-15(2)31-20/h3-5,8,13H,6-7,9-12H2,1-2H3. The minimum atomic E-state index is -3.56. The number of anilines is 1. The molecule has 32 heavy (non-hydrogen) atoms. The first kappa shape index (κ1) is 22.9. The minimum Gasteiger partial charge on any atom is -0.335 e. The molecule has 0 spiro atoms. The summed E-state index contributed by atoms with van der Waals surface area (Å²) in [5.41, 5.74) is 1.68. The maximum atomic E-state index is 13.1. The molecule has 0 aliphatic carbocycles. The molecule has 2 amide bonds. The molecule has 0 radical (unpaired) electrons. The minimum absolute atomic E-state index is 0.169. The Hall–Kier alpha value is -2.27. The van der Waals surface area contributed by atoms with Gasteiger partial charge in [-0.15, -0.1) is 11.3 Å². The topological polar surface area (TPSA) is 90.4 Å². The summed E-state index contributed by atoms with van der Waals surface area (Å²) in [5, 5.41) is 6.06. The Labute approximate surface area is 196 Å². The van der Waals surface area contributed by atoms with Crippen LogP contribution in [0.4, 0.5) is 5.69 Å². The second kappa shape index (κ2) is 8.93. The number of hydrazone groups is 1. The van der Waals surface area contributed by atoms with Crippen LogP contribution in [0, 0.1) is 13.8 Å². The van der Waals surface area contributed by atoms with Crippen molar-refractivity contribution in [1.82, 2.24) is 9.21 Å². The van der Waals surface area contributed by atoms with Crippen molar-refractivity contribution in [3.8, 4) is 0 Å². The lowest BCUT2D eigenvalue weighted by Crippen LogP contribution is -2.52. The highest BCUT2D eigenvalue weighted by Gasteiger charge is 2.34. The molecule has 1 saturated heterocycles. The van der Waals surface area contributed by atoms with E-state index in [1.807, 2.05) is 13.8 Å². The van der Waals surface area contributed by atoms with E-state index >= 15 is 0 Å². The average Bonchev–Trinajstić information content (AvgIpc) is 3.23. The van der Waals surface area contributed by atoms with E-state index in [9.17, 15) is 18.0 Å². The Kier molecular flexibility index (Phi) is 6.39. The van der Waals surface area contributed by atoms with E-state index in [4.69, 9.17) is 11.6 Å². The number of aryl methyl sites for hydroxylation is 2. The Balaban J connectivity index is 1.46. The Bertz CT molecular complexity index is 1200. The molecular weight excluding hydrogens is 472 g/mol. The van der Waals surface area contributed by atoms with Crippen LogP contribution in [0.1, 0.15) is 23.3 Å². The van der Waals surface area contributed by atoms with E-state index < -0.39 is 10.0 Å². The molecule has 170 valence electrons. The molecular formula is C21H23ClN4O4S2. The number of carbonyl (C=O) groups excluding carboxylic acids is 2. The predicted molar refractivity (Wildman–Crippen MR) is 125 cm³/mol. The summed E-state index contributed by atoms with van der Waals surface area (Å²) in [6, 6.07) is 8.60. The average molecular weight is 495 g/mol. The molecule has 0 atom stereocenters. The molecule has 0 unspecified atom stereocenters. The van der Waals surface area contributed by atoms with Gasteiger partial charge in [0.15, 0.2) is 0 Å². The van der Waals surface area contributed by atoms with E-state index in [0.717, 1.165) is 10.4 Å². The SMILES string of the molecule is Cc1ccc(S(=O)(=O)N2CCN(C(=O)C3=NN(c4ccc(C)c(Cl)c4)C(=O)CC3)CC2)s1. The van der Waals surface area contributed by atoms with Crippen LogP contribution in [0.2, 0.25) is 5.02 Å². The molecule has 1 aromatic heterocycles. The Morgan fingerprint density at radius 2 is 1.78 bits per heavy atom. The van der Waals surface area contributed by atoms with Gasteiger partial charge in [0.2, 0.25) is 5.91 Å². The number of nitrogens with zero attached hydrogens (tertiary/aromatic N) is 4. The van der Waals surface area contributed by atoms with Gasteiger partial charge in [-0.05, 0) is 43.7 Å². The molecule has 0 saturated carbocycles. The van der Waals surface area contributed by atoms with Crippen LogP contribution >= 0.6 is 22.9 Å². The first-order chi connectivity index (χ1) is 15.2. The summed E-state index contributed by atoms with van der Waals surface area (Å²) in [5.74, 6) is -0.478. The normalized spacial score (nSPS) is 18.1. The van der Waals surface area contributed by atoms with Crippen molar-refractivity contribution in [1.29, 1.82) is 0 Å². The van der Waals surface area contributed by atoms with E-state index in [2.05, 4.69) is 5.10 Å². The molecule has 2 aliphatic rings. The van der Waals surface area contributed by atoms with Crippen molar-refractivity contribution in [2.24, 2.45) is 5.10 Å². The molecule has 1 aromatic carbocycles. The molecule has 8 nitrogen and oxygen atoms in total. The molecule has 1 fully saturated rings.